The topological polar surface area (TPSA) is 83.0 Å². The van der Waals surface area contributed by atoms with Crippen LogP contribution in [0.4, 0.5) is 0 Å². The molecule has 0 unspecified atom stereocenters. The first kappa shape index (κ1) is 8.00. The maximum atomic E-state index is 9.24. The Morgan fingerprint density at radius 1 is 1.73 bits per heavy atom. The van der Waals surface area contributed by atoms with E-state index in [0.717, 1.165) is 0 Å². The van der Waals surface area contributed by atoms with E-state index in [1.165, 1.54) is 12.3 Å². The molecule has 1 aromatic heterocycles. The first-order chi connectivity index (χ1) is 5.13. The lowest BCUT2D eigenvalue weighted by molar-refractivity contribution is 0.467. The van der Waals surface area contributed by atoms with Crippen LogP contribution in [-0.2, 0) is 0 Å². The van der Waals surface area contributed by atoms with Gasteiger partial charge in [0.15, 0.2) is 5.75 Å². The Kier molecular flexibility index (Phi) is 2.09. The van der Waals surface area contributed by atoms with Crippen molar-refractivity contribution in [2.75, 3.05) is 0 Å². The van der Waals surface area contributed by atoms with Crippen LogP contribution in [0.5, 0.6) is 5.75 Å². The number of nitrogens with two attached hydrogens (primary N) is 1. The number of amidine groups is 1. The fourth-order valence-corrected chi connectivity index (χ4v) is 0.978. The summed E-state index contributed by atoms with van der Waals surface area (Å²) in [5.74, 6) is -0.273. The molecule has 0 bridgehead atoms. The molecule has 5 heteroatoms. The van der Waals surface area contributed by atoms with Gasteiger partial charge in [-0.25, -0.2) is 4.98 Å². The first-order valence-corrected chi connectivity index (χ1v) is 3.60. The number of nitrogen functional groups attached to an aromatic ring is 1. The van der Waals surface area contributed by atoms with Crippen LogP contribution in [0.3, 0.4) is 0 Å². The van der Waals surface area contributed by atoms with E-state index in [1.807, 2.05) is 0 Å². The summed E-state index contributed by atoms with van der Waals surface area (Å²) >= 11 is 3.00. The van der Waals surface area contributed by atoms with Crippen LogP contribution < -0.4 is 5.73 Å². The zero-order valence-electron chi connectivity index (χ0n) is 5.50. The average molecular weight is 216 g/mol. The quantitative estimate of drug-likeness (QED) is 0.369. The van der Waals surface area contributed by atoms with Gasteiger partial charge in [0.1, 0.15) is 10.4 Å². The highest BCUT2D eigenvalue weighted by Crippen LogP contribution is 2.24. The Morgan fingerprint density at radius 3 is 2.82 bits per heavy atom. The molecule has 0 saturated carbocycles. The number of hydrogen-bond acceptors (Lipinski definition) is 3. The highest BCUT2D eigenvalue weighted by molar-refractivity contribution is 9.10. The summed E-state index contributed by atoms with van der Waals surface area (Å²) in [7, 11) is 0. The lowest BCUT2D eigenvalue weighted by atomic mass is 10.2. The van der Waals surface area contributed by atoms with E-state index in [2.05, 4.69) is 20.9 Å². The summed E-state index contributed by atoms with van der Waals surface area (Å²) in [5.41, 5.74) is 5.44. The third-order valence-corrected chi connectivity index (χ3v) is 1.75. The number of aromatic nitrogens is 1. The smallest absolute Gasteiger partial charge is 0.159 e. The largest absolute Gasteiger partial charge is 0.504 e. The molecule has 0 radical (unpaired) electrons. The van der Waals surface area contributed by atoms with Gasteiger partial charge in [-0.05, 0) is 22.0 Å². The van der Waals surface area contributed by atoms with Crippen LogP contribution in [0.1, 0.15) is 5.56 Å². The molecule has 1 aromatic rings. The van der Waals surface area contributed by atoms with Crippen molar-refractivity contribution >= 4 is 21.8 Å². The Bertz CT molecular complexity index is 300. The number of hydrogen-bond donors (Lipinski definition) is 3. The molecule has 0 atom stereocenters. The van der Waals surface area contributed by atoms with Gasteiger partial charge in [0.2, 0.25) is 0 Å². The van der Waals surface area contributed by atoms with Crippen molar-refractivity contribution < 1.29 is 5.11 Å². The predicted octanol–water partition coefficient (Wildman–Crippen LogP) is 0.834. The molecule has 0 aliphatic rings. The lowest BCUT2D eigenvalue weighted by Gasteiger charge is -2.01. The number of rotatable bonds is 1. The Hall–Kier alpha value is -1.10. The number of pyridine rings is 1. The monoisotopic (exact) mass is 215 g/mol. The Balaban J connectivity index is 3.27. The molecule has 4 N–H and O–H groups in total. The fraction of sp³-hybridized carbons (Fsp3) is 0. The second-order valence-electron chi connectivity index (χ2n) is 1.91. The first-order valence-electron chi connectivity index (χ1n) is 2.81. The molecular weight excluding hydrogens is 210 g/mol. The summed E-state index contributed by atoms with van der Waals surface area (Å²) in [6, 6.07) is 1.47. The molecule has 0 amide bonds. The van der Waals surface area contributed by atoms with Gasteiger partial charge < -0.3 is 10.8 Å². The summed E-state index contributed by atoms with van der Waals surface area (Å²) < 4.78 is 0.296. The molecule has 1 heterocycles. The summed E-state index contributed by atoms with van der Waals surface area (Å²) in [6.45, 7) is 0. The van der Waals surface area contributed by atoms with E-state index in [1.54, 1.807) is 0 Å². The summed E-state index contributed by atoms with van der Waals surface area (Å²) in [4.78, 5) is 3.74. The van der Waals surface area contributed by atoms with Crippen molar-refractivity contribution in [1.29, 1.82) is 5.41 Å². The van der Waals surface area contributed by atoms with Gasteiger partial charge in [0, 0.05) is 6.20 Å². The van der Waals surface area contributed by atoms with E-state index in [0.29, 0.717) is 4.60 Å². The van der Waals surface area contributed by atoms with Crippen molar-refractivity contribution in [3.8, 4) is 5.75 Å². The predicted molar refractivity (Wildman–Crippen MR) is 44.6 cm³/mol. The minimum Gasteiger partial charge on any atom is -0.504 e. The third-order valence-electron chi connectivity index (χ3n) is 1.17. The number of halogens is 1. The van der Waals surface area contributed by atoms with Gasteiger partial charge >= 0.3 is 0 Å². The van der Waals surface area contributed by atoms with Gasteiger partial charge in [-0.2, -0.15) is 0 Å². The Labute approximate surface area is 71.7 Å². The van der Waals surface area contributed by atoms with Crippen molar-refractivity contribution in [2.45, 2.75) is 0 Å². The summed E-state index contributed by atoms with van der Waals surface area (Å²) in [6.07, 6.45) is 1.46. The van der Waals surface area contributed by atoms with E-state index >= 15 is 0 Å². The molecule has 1 rings (SSSR count). The second kappa shape index (κ2) is 2.87. The lowest BCUT2D eigenvalue weighted by Crippen LogP contribution is -2.11. The Morgan fingerprint density at radius 2 is 2.36 bits per heavy atom. The van der Waals surface area contributed by atoms with Gasteiger partial charge in [-0.15, -0.1) is 0 Å². The van der Waals surface area contributed by atoms with Crippen LogP contribution in [0, 0.1) is 5.41 Å². The van der Waals surface area contributed by atoms with Crippen LogP contribution in [-0.4, -0.2) is 15.9 Å². The molecule has 0 aromatic carbocycles. The molecule has 0 aliphatic heterocycles. The minimum atomic E-state index is -0.175. The van der Waals surface area contributed by atoms with Crippen molar-refractivity contribution in [1.82, 2.24) is 4.98 Å². The van der Waals surface area contributed by atoms with E-state index in [4.69, 9.17) is 11.1 Å². The van der Waals surface area contributed by atoms with Gasteiger partial charge in [0.05, 0.1) is 5.56 Å². The highest BCUT2D eigenvalue weighted by atomic mass is 79.9. The zero-order valence-corrected chi connectivity index (χ0v) is 7.09. The average Bonchev–Trinajstić information content (AvgIpc) is 1.94. The fourth-order valence-electron chi connectivity index (χ4n) is 0.646. The molecule has 4 nitrogen and oxygen atoms in total. The number of nitrogens with one attached hydrogen (secondary N) is 1. The zero-order chi connectivity index (χ0) is 8.43. The third kappa shape index (κ3) is 1.48. The number of nitrogens with zero attached hydrogens (tertiary/aromatic N) is 1. The minimum absolute atomic E-state index is 0.0972. The van der Waals surface area contributed by atoms with E-state index in [9.17, 15) is 5.11 Å². The van der Waals surface area contributed by atoms with Gasteiger partial charge in [-0.3, -0.25) is 5.41 Å². The standard InChI is InChI=1S/C6H6BrN3O/c7-5-4(11)3(6(8)9)1-2-10-5/h1-2,11H,(H3,8,9). The molecule has 0 saturated heterocycles. The molecule has 11 heavy (non-hydrogen) atoms. The van der Waals surface area contributed by atoms with Crippen molar-refractivity contribution in [3.05, 3.63) is 22.4 Å². The normalized spacial score (nSPS) is 9.55. The highest BCUT2D eigenvalue weighted by Gasteiger charge is 2.06. The van der Waals surface area contributed by atoms with Gasteiger partial charge in [-0.1, -0.05) is 0 Å². The van der Waals surface area contributed by atoms with Crippen molar-refractivity contribution in [3.63, 3.8) is 0 Å². The van der Waals surface area contributed by atoms with Crippen LogP contribution in [0.15, 0.2) is 16.9 Å². The molecule has 0 fully saturated rings. The van der Waals surface area contributed by atoms with Crippen LogP contribution in [0.2, 0.25) is 0 Å². The van der Waals surface area contributed by atoms with Crippen LogP contribution >= 0.6 is 15.9 Å². The van der Waals surface area contributed by atoms with Crippen LogP contribution in [0.25, 0.3) is 0 Å². The maximum Gasteiger partial charge on any atom is 0.159 e. The van der Waals surface area contributed by atoms with Gasteiger partial charge in [0.25, 0.3) is 0 Å². The number of aromatic hydroxyl groups is 1. The second-order valence-corrected chi connectivity index (χ2v) is 2.66. The molecule has 58 valence electrons. The van der Waals surface area contributed by atoms with E-state index in [-0.39, 0.29) is 17.1 Å². The molecule has 0 spiro atoms. The maximum absolute atomic E-state index is 9.24. The molecule has 0 aliphatic carbocycles. The summed E-state index contributed by atoms with van der Waals surface area (Å²) in [5, 5.41) is 16.3. The molecular formula is C6H6BrN3O. The SMILES string of the molecule is N=C(N)c1ccnc(Br)c1O. The van der Waals surface area contributed by atoms with E-state index < -0.39 is 0 Å². The van der Waals surface area contributed by atoms with Crippen molar-refractivity contribution in [2.24, 2.45) is 5.73 Å².